The van der Waals surface area contributed by atoms with E-state index < -0.39 is 0 Å². The van der Waals surface area contributed by atoms with Crippen molar-refractivity contribution in [1.82, 2.24) is 20.2 Å². The van der Waals surface area contributed by atoms with E-state index in [9.17, 15) is 4.79 Å². The standard InChI is InChI=1S/C24H24N4O2/c1-28-21-17(20-22(28)24(11-25-12-24)13-27-23(20)29)8-5-15-10-26-19(9-18(15)21)14-3-6-16(30-2)7-4-14/h3-4,6-7,9-10,25H,5,8,11-13H2,1-2H3,(H,27,29). The highest BCUT2D eigenvalue weighted by Gasteiger charge is 2.48. The third kappa shape index (κ3) is 2.28. The highest BCUT2D eigenvalue weighted by Crippen LogP contribution is 2.45. The minimum atomic E-state index is 0.0152. The fourth-order valence-electron chi connectivity index (χ4n) is 5.42. The van der Waals surface area contributed by atoms with Crippen molar-refractivity contribution in [1.29, 1.82) is 0 Å². The maximum atomic E-state index is 12.9. The largest absolute Gasteiger partial charge is 0.497 e. The molecule has 1 aromatic carbocycles. The van der Waals surface area contributed by atoms with Crippen molar-refractivity contribution >= 4 is 5.91 Å². The fraction of sp³-hybridized carbons (Fsp3) is 0.333. The molecule has 0 unspecified atom stereocenters. The summed E-state index contributed by atoms with van der Waals surface area (Å²) in [4.78, 5) is 17.6. The quantitative estimate of drug-likeness (QED) is 0.693. The molecule has 6 heteroatoms. The van der Waals surface area contributed by atoms with Crippen LogP contribution in [0.5, 0.6) is 5.75 Å². The summed E-state index contributed by atoms with van der Waals surface area (Å²) in [5.74, 6) is 0.909. The van der Waals surface area contributed by atoms with Crippen LogP contribution in [0.1, 0.15) is 27.2 Å². The molecule has 152 valence electrons. The van der Waals surface area contributed by atoms with Crippen LogP contribution in [0.3, 0.4) is 0 Å². The lowest BCUT2D eigenvalue weighted by molar-refractivity contribution is 0.0902. The van der Waals surface area contributed by atoms with Crippen molar-refractivity contribution < 1.29 is 9.53 Å². The van der Waals surface area contributed by atoms with Gasteiger partial charge in [0.15, 0.2) is 0 Å². The lowest BCUT2D eigenvalue weighted by Gasteiger charge is -2.46. The second kappa shape index (κ2) is 6.19. The molecular weight excluding hydrogens is 376 g/mol. The smallest absolute Gasteiger partial charge is 0.253 e. The van der Waals surface area contributed by atoms with Crippen LogP contribution in [0.4, 0.5) is 0 Å². The summed E-state index contributed by atoms with van der Waals surface area (Å²) in [5, 5.41) is 6.56. The molecule has 6 rings (SSSR count). The van der Waals surface area contributed by atoms with Crippen molar-refractivity contribution in [3.8, 4) is 28.3 Å². The molecule has 2 N–H and O–H groups in total. The van der Waals surface area contributed by atoms with Crippen molar-refractivity contribution in [3.05, 3.63) is 58.9 Å². The van der Waals surface area contributed by atoms with E-state index in [0.717, 1.165) is 48.5 Å². The first-order valence-corrected chi connectivity index (χ1v) is 10.5. The average Bonchev–Trinajstić information content (AvgIpc) is 3.07. The van der Waals surface area contributed by atoms with E-state index >= 15 is 0 Å². The van der Waals surface area contributed by atoms with Gasteiger partial charge in [-0.15, -0.1) is 0 Å². The monoisotopic (exact) mass is 400 g/mol. The average molecular weight is 400 g/mol. The highest BCUT2D eigenvalue weighted by atomic mass is 16.5. The Morgan fingerprint density at radius 1 is 1.13 bits per heavy atom. The van der Waals surface area contributed by atoms with Gasteiger partial charge < -0.3 is 19.9 Å². The molecule has 2 aliphatic heterocycles. The number of hydrogen-bond donors (Lipinski definition) is 2. The van der Waals surface area contributed by atoms with E-state index in [2.05, 4.69) is 28.3 Å². The topological polar surface area (TPSA) is 68.2 Å². The SMILES string of the molecule is COc1ccc(-c2cc3c(cn2)CCc2c4c(n(C)c2-3)C2(CNC2)CNC4=O)cc1. The molecule has 1 aliphatic carbocycles. The molecule has 1 amide bonds. The minimum Gasteiger partial charge on any atom is -0.497 e. The zero-order valence-electron chi connectivity index (χ0n) is 17.2. The molecule has 0 saturated carbocycles. The summed E-state index contributed by atoms with van der Waals surface area (Å²) in [5.41, 5.74) is 8.94. The van der Waals surface area contributed by atoms with Crippen LogP contribution in [0.15, 0.2) is 36.5 Å². The van der Waals surface area contributed by atoms with Gasteiger partial charge in [0.1, 0.15) is 5.75 Å². The maximum absolute atomic E-state index is 12.9. The van der Waals surface area contributed by atoms with Crippen molar-refractivity contribution in [2.45, 2.75) is 18.3 Å². The number of pyridine rings is 1. The Kier molecular flexibility index (Phi) is 3.65. The first kappa shape index (κ1) is 17.7. The number of methoxy groups -OCH3 is 1. The molecule has 6 nitrogen and oxygen atoms in total. The molecule has 1 fully saturated rings. The molecule has 0 atom stereocenters. The number of carbonyl (C=O) groups excluding carboxylic acids is 1. The van der Waals surface area contributed by atoms with E-state index in [1.807, 2.05) is 30.5 Å². The number of hydrogen-bond acceptors (Lipinski definition) is 4. The lowest BCUT2D eigenvalue weighted by Crippen LogP contribution is -2.65. The lowest BCUT2D eigenvalue weighted by atomic mass is 9.74. The molecule has 1 spiro atoms. The molecule has 0 bridgehead atoms. The summed E-state index contributed by atoms with van der Waals surface area (Å²) in [6.45, 7) is 2.54. The Morgan fingerprint density at radius 3 is 2.63 bits per heavy atom. The number of rotatable bonds is 2. The molecule has 1 saturated heterocycles. The third-order valence-corrected chi connectivity index (χ3v) is 7.01. The summed E-state index contributed by atoms with van der Waals surface area (Å²) in [7, 11) is 3.80. The number of fused-ring (bicyclic) bond motifs is 6. The Balaban J connectivity index is 1.54. The number of aromatic nitrogens is 2. The van der Waals surface area contributed by atoms with Crippen LogP contribution in [0, 0.1) is 0 Å². The Labute approximate surface area is 175 Å². The van der Waals surface area contributed by atoms with E-state index in [4.69, 9.17) is 9.72 Å². The van der Waals surface area contributed by atoms with Gasteiger partial charge in [-0.25, -0.2) is 0 Å². The maximum Gasteiger partial charge on any atom is 0.253 e. The van der Waals surface area contributed by atoms with E-state index in [0.29, 0.717) is 6.54 Å². The normalized spacial score (nSPS) is 18.1. The predicted molar refractivity (Wildman–Crippen MR) is 115 cm³/mol. The number of carbonyl (C=O) groups is 1. The molecule has 30 heavy (non-hydrogen) atoms. The van der Waals surface area contributed by atoms with Crippen LogP contribution < -0.4 is 15.4 Å². The minimum absolute atomic E-state index is 0.0152. The molecule has 2 aromatic heterocycles. The zero-order chi connectivity index (χ0) is 20.5. The number of benzene rings is 1. The van der Waals surface area contributed by atoms with Crippen LogP contribution in [-0.2, 0) is 25.3 Å². The van der Waals surface area contributed by atoms with Gasteiger partial charge in [-0.2, -0.15) is 0 Å². The summed E-state index contributed by atoms with van der Waals surface area (Å²) < 4.78 is 7.58. The number of amides is 1. The Hall–Kier alpha value is -3.12. The van der Waals surface area contributed by atoms with Gasteiger partial charge in [0.25, 0.3) is 5.91 Å². The summed E-state index contributed by atoms with van der Waals surface area (Å²) >= 11 is 0. The van der Waals surface area contributed by atoms with Crippen molar-refractivity contribution in [2.24, 2.45) is 7.05 Å². The van der Waals surface area contributed by atoms with Gasteiger partial charge in [0.2, 0.25) is 0 Å². The van der Waals surface area contributed by atoms with Crippen LogP contribution in [0.2, 0.25) is 0 Å². The fourth-order valence-corrected chi connectivity index (χ4v) is 5.42. The van der Waals surface area contributed by atoms with Gasteiger partial charge in [0, 0.05) is 49.7 Å². The van der Waals surface area contributed by atoms with Crippen LogP contribution in [0.25, 0.3) is 22.5 Å². The molecule has 3 aliphatic rings. The van der Waals surface area contributed by atoms with Gasteiger partial charge in [-0.1, -0.05) is 0 Å². The highest BCUT2D eigenvalue weighted by molar-refractivity contribution is 6.01. The Morgan fingerprint density at radius 2 is 1.93 bits per heavy atom. The first-order chi connectivity index (χ1) is 14.6. The van der Waals surface area contributed by atoms with Gasteiger partial charge in [-0.3, -0.25) is 9.78 Å². The zero-order valence-corrected chi connectivity index (χ0v) is 17.2. The summed E-state index contributed by atoms with van der Waals surface area (Å²) in [6.07, 6.45) is 3.80. The predicted octanol–water partition coefficient (Wildman–Crippen LogP) is 2.45. The Bertz CT molecular complexity index is 1190. The number of ether oxygens (including phenoxy) is 1. The summed E-state index contributed by atoms with van der Waals surface area (Å²) in [6, 6.07) is 10.2. The van der Waals surface area contributed by atoms with Gasteiger partial charge in [-0.05, 0) is 54.3 Å². The molecular formula is C24H24N4O2. The molecule has 4 heterocycles. The van der Waals surface area contributed by atoms with Gasteiger partial charge in [0.05, 0.1) is 29.5 Å². The van der Waals surface area contributed by atoms with E-state index in [-0.39, 0.29) is 11.3 Å². The van der Waals surface area contributed by atoms with E-state index in [1.54, 1.807) is 7.11 Å². The number of nitrogens with zero attached hydrogens (tertiary/aromatic N) is 2. The number of aryl methyl sites for hydroxylation is 1. The van der Waals surface area contributed by atoms with Crippen molar-refractivity contribution in [2.75, 3.05) is 26.7 Å². The third-order valence-electron chi connectivity index (χ3n) is 7.01. The number of nitrogens with one attached hydrogen (secondary N) is 2. The van der Waals surface area contributed by atoms with Crippen LogP contribution >= 0.6 is 0 Å². The van der Waals surface area contributed by atoms with E-state index in [1.165, 1.54) is 28.1 Å². The second-order valence-electron chi connectivity index (χ2n) is 8.63. The van der Waals surface area contributed by atoms with Crippen LogP contribution in [-0.4, -0.2) is 42.2 Å². The van der Waals surface area contributed by atoms with Crippen molar-refractivity contribution in [3.63, 3.8) is 0 Å². The first-order valence-electron chi connectivity index (χ1n) is 10.5. The van der Waals surface area contributed by atoms with Gasteiger partial charge >= 0.3 is 0 Å². The second-order valence-corrected chi connectivity index (χ2v) is 8.63. The molecule has 3 aromatic rings. The molecule has 0 radical (unpaired) electrons.